The van der Waals surface area contributed by atoms with E-state index in [1.165, 1.54) is 0 Å². The molecule has 0 radical (unpaired) electrons. The molecule has 1 rings (SSSR count). The lowest BCUT2D eigenvalue weighted by Crippen LogP contribution is -2.25. The molecule has 0 fully saturated rings. The van der Waals surface area contributed by atoms with Crippen LogP contribution in [-0.4, -0.2) is 41.0 Å². The van der Waals surface area contributed by atoms with Crippen LogP contribution in [0.25, 0.3) is 0 Å². The van der Waals surface area contributed by atoms with Gasteiger partial charge in [-0.3, -0.25) is 0 Å². The van der Waals surface area contributed by atoms with Gasteiger partial charge in [0, 0.05) is 12.6 Å². The maximum atomic E-state index is 4.13. The van der Waals surface area contributed by atoms with E-state index in [9.17, 15) is 0 Å². The average Bonchev–Trinajstić information content (AvgIpc) is 2.29. The molecule has 0 bridgehead atoms. The van der Waals surface area contributed by atoms with Crippen LogP contribution < -0.4 is 5.32 Å². The van der Waals surface area contributed by atoms with E-state index in [0.29, 0.717) is 0 Å². The molecule has 0 saturated heterocycles. The summed E-state index contributed by atoms with van der Waals surface area (Å²) < 4.78 is 0.814. The highest BCUT2D eigenvalue weighted by Gasteiger charge is 1.99. The first-order valence-corrected chi connectivity index (χ1v) is 6.49. The fourth-order valence-corrected chi connectivity index (χ4v) is 1.80. The van der Waals surface area contributed by atoms with Gasteiger partial charge in [-0.1, -0.05) is 13.8 Å². The summed E-state index contributed by atoms with van der Waals surface area (Å²) in [6.45, 7) is 8.70. The van der Waals surface area contributed by atoms with E-state index in [0.717, 1.165) is 43.0 Å². The summed E-state index contributed by atoms with van der Waals surface area (Å²) in [5.41, 5.74) is 0. The number of rotatable bonds is 7. The maximum absolute atomic E-state index is 4.13. The van der Waals surface area contributed by atoms with E-state index in [-0.39, 0.29) is 0 Å². The Labute approximate surface area is 106 Å². The Kier molecular flexibility index (Phi) is 6.33. The van der Waals surface area contributed by atoms with Crippen molar-refractivity contribution in [1.29, 1.82) is 0 Å². The summed E-state index contributed by atoms with van der Waals surface area (Å²) >= 11 is 3.32. The predicted molar refractivity (Wildman–Crippen MR) is 70.6 cm³/mol. The van der Waals surface area contributed by atoms with Crippen molar-refractivity contribution in [2.75, 3.05) is 31.5 Å². The molecule has 0 unspecified atom stereocenters. The van der Waals surface area contributed by atoms with E-state index < -0.39 is 0 Å². The first-order valence-electron chi connectivity index (χ1n) is 5.70. The summed E-state index contributed by atoms with van der Waals surface area (Å²) in [6, 6.07) is 1.89. The van der Waals surface area contributed by atoms with Crippen molar-refractivity contribution in [3.63, 3.8) is 0 Å². The van der Waals surface area contributed by atoms with Crippen LogP contribution in [0.2, 0.25) is 0 Å². The average molecular weight is 287 g/mol. The first-order chi connectivity index (χ1) is 7.76. The van der Waals surface area contributed by atoms with Gasteiger partial charge in [-0.2, -0.15) is 0 Å². The number of nitrogens with one attached hydrogen (secondary N) is 1. The smallest absolute Gasteiger partial charge is 0.130 e. The quantitative estimate of drug-likeness (QED) is 0.617. The molecule has 0 aliphatic carbocycles. The Hall–Kier alpha value is -0.680. The number of hydrogen-bond acceptors (Lipinski definition) is 4. The van der Waals surface area contributed by atoms with Gasteiger partial charge >= 0.3 is 0 Å². The molecule has 5 heteroatoms. The number of halogens is 1. The normalized spacial score (nSPS) is 10.8. The molecule has 1 aromatic rings. The summed E-state index contributed by atoms with van der Waals surface area (Å²) in [5.74, 6) is 0.876. The Balaban J connectivity index is 2.20. The molecule has 16 heavy (non-hydrogen) atoms. The fourth-order valence-electron chi connectivity index (χ4n) is 1.49. The van der Waals surface area contributed by atoms with Gasteiger partial charge in [0.1, 0.15) is 16.7 Å². The second-order valence-electron chi connectivity index (χ2n) is 3.53. The van der Waals surface area contributed by atoms with Gasteiger partial charge in [0.25, 0.3) is 0 Å². The largest absolute Gasteiger partial charge is 0.370 e. The minimum absolute atomic E-state index is 0.814. The van der Waals surface area contributed by atoms with Crippen molar-refractivity contribution >= 4 is 21.7 Å². The number of anilines is 1. The second-order valence-corrected chi connectivity index (χ2v) is 4.35. The van der Waals surface area contributed by atoms with Gasteiger partial charge in [0.2, 0.25) is 0 Å². The lowest BCUT2D eigenvalue weighted by Gasteiger charge is -2.17. The number of nitrogens with zero attached hydrogens (tertiary/aromatic N) is 3. The minimum atomic E-state index is 0.814. The second kappa shape index (κ2) is 7.57. The SMILES string of the molecule is CCN(CC)CCCNc1cc(Br)ncn1. The fraction of sp³-hybridized carbons (Fsp3) is 0.636. The van der Waals surface area contributed by atoms with Crippen molar-refractivity contribution in [3.8, 4) is 0 Å². The minimum Gasteiger partial charge on any atom is -0.370 e. The predicted octanol–water partition coefficient (Wildman–Crippen LogP) is 2.38. The van der Waals surface area contributed by atoms with Gasteiger partial charge in [-0.25, -0.2) is 9.97 Å². The Morgan fingerprint density at radius 2 is 2.06 bits per heavy atom. The molecular weight excluding hydrogens is 268 g/mol. The van der Waals surface area contributed by atoms with Gasteiger partial charge in [-0.05, 0) is 42.0 Å². The summed E-state index contributed by atoms with van der Waals surface area (Å²) in [7, 11) is 0. The highest BCUT2D eigenvalue weighted by molar-refractivity contribution is 9.10. The summed E-state index contributed by atoms with van der Waals surface area (Å²) in [5, 5.41) is 3.28. The Morgan fingerprint density at radius 3 is 2.69 bits per heavy atom. The molecule has 0 amide bonds. The molecule has 0 aromatic carbocycles. The van der Waals surface area contributed by atoms with Crippen LogP contribution in [0.1, 0.15) is 20.3 Å². The summed E-state index contributed by atoms with van der Waals surface area (Å²) in [4.78, 5) is 10.5. The Morgan fingerprint density at radius 1 is 1.31 bits per heavy atom. The van der Waals surface area contributed by atoms with E-state index >= 15 is 0 Å². The molecule has 0 aliphatic heterocycles. The lowest BCUT2D eigenvalue weighted by atomic mass is 10.3. The molecule has 0 atom stereocenters. The molecule has 1 heterocycles. The van der Waals surface area contributed by atoms with Gasteiger partial charge in [0.15, 0.2) is 0 Å². The van der Waals surface area contributed by atoms with Crippen LogP contribution in [0, 0.1) is 0 Å². The van der Waals surface area contributed by atoms with Gasteiger partial charge in [-0.15, -0.1) is 0 Å². The van der Waals surface area contributed by atoms with Crippen molar-refractivity contribution < 1.29 is 0 Å². The third-order valence-corrected chi connectivity index (χ3v) is 2.92. The van der Waals surface area contributed by atoms with Crippen LogP contribution >= 0.6 is 15.9 Å². The molecule has 0 spiro atoms. The van der Waals surface area contributed by atoms with E-state index in [2.05, 4.69) is 50.0 Å². The van der Waals surface area contributed by atoms with E-state index in [1.807, 2.05) is 6.07 Å². The zero-order valence-corrected chi connectivity index (χ0v) is 11.5. The third-order valence-electron chi connectivity index (χ3n) is 2.49. The molecule has 0 aliphatic rings. The molecule has 0 saturated carbocycles. The molecule has 1 aromatic heterocycles. The summed E-state index contributed by atoms with van der Waals surface area (Å²) in [6.07, 6.45) is 2.68. The van der Waals surface area contributed by atoms with Crippen LogP contribution in [-0.2, 0) is 0 Å². The van der Waals surface area contributed by atoms with Crippen LogP contribution in [0.15, 0.2) is 17.0 Å². The standard InChI is InChI=1S/C11H19BrN4/c1-3-16(4-2)7-5-6-13-11-8-10(12)14-9-15-11/h8-9H,3-7H2,1-2H3,(H,13,14,15). The number of aromatic nitrogens is 2. The molecule has 1 N–H and O–H groups in total. The van der Waals surface area contributed by atoms with Crippen molar-refractivity contribution in [1.82, 2.24) is 14.9 Å². The monoisotopic (exact) mass is 286 g/mol. The van der Waals surface area contributed by atoms with Gasteiger partial charge in [0.05, 0.1) is 0 Å². The number of hydrogen-bond donors (Lipinski definition) is 1. The molecular formula is C11H19BrN4. The van der Waals surface area contributed by atoms with Crippen LogP contribution in [0.5, 0.6) is 0 Å². The topological polar surface area (TPSA) is 41.0 Å². The molecule has 90 valence electrons. The zero-order valence-electron chi connectivity index (χ0n) is 9.91. The maximum Gasteiger partial charge on any atom is 0.130 e. The van der Waals surface area contributed by atoms with Crippen LogP contribution in [0.4, 0.5) is 5.82 Å². The van der Waals surface area contributed by atoms with Crippen molar-refractivity contribution in [2.24, 2.45) is 0 Å². The van der Waals surface area contributed by atoms with Crippen molar-refractivity contribution in [2.45, 2.75) is 20.3 Å². The highest BCUT2D eigenvalue weighted by Crippen LogP contribution is 2.09. The zero-order chi connectivity index (χ0) is 11.8. The first kappa shape index (κ1) is 13.4. The molecule has 4 nitrogen and oxygen atoms in total. The van der Waals surface area contributed by atoms with Crippen LogP contribution in [0.3, 0.4) is 0 Å². The van der Waals surface area contributed by atoms with E-state index in [1.54, 1.807) is 6.33 Å². The third kappa shape index (κ3) is 4.90. The van der Waals surface area contributed by atoms with Gasteiger partial charge < -0.3 is 10.2 Å². The van der Waals surface area contributed by atoms with Crippen molar-refractivity contribution in [3.05, 3.63) is 17.0 Å². The Bertz CT molecular complexity index is 302. The van der Waals surface area contributed by atoms with E-state index in [4.69, 9.17) is 0 Å². The lowest BCUT2D eigenvalue weighted by molar-refractivity contribution is 0.303. The highest BCUT2D eigenvalue weighted by atomic mass is 79.9.